The molecule has 128 valence electrons. The standard InChI is InChI=1S/C17H27N3O3/c1-3-13-15-14(20(19-13)12(2)4-7-21)10-17(11-18-16(15)22)5-8-23-9-6-17/h12,21H,3-11H2,1-2H3,(H,18,22). The van der Waals surface area contributed by atoms with Crippen molar-refractivity contribution < 1.29 is 14.6 Å². The summed E-state index contributed by atoms with van der Waals surface area (Å²) in [4.78, 5) is 12.7. The van der Waals surface area contributed by atoms with E-state index in [1.54, 1.807) is 0 Å². The van der Waals surface area contributed by atoms with E-state index in [4.69, 9.17) is 9.84 Å². The van der Waals surface area contributed by atoms with Gasteiger partial charge in [-0.05, 0) is 44.4 Å². The number of carbonyl (C=O) groups excluding carboxylic acids is 1. The minimum atomic E-state index is 0.00247. The van der Waals surface area contributed by atoms with Gasteiger partial charge in [-0.25, -0.2) is 0 Å². The lowest BCUT2D eigenvalue weighted by Gasteiger charge is -2.36. The van der Waals surface area contributed by atoms with E-state index >= 15 is 0 Å². The van der Waals surface area contributed by atoms with Crippen LogP contribution >= 0.6 is 0 Å². The molecule has 0 aromatic carbocycles. The van der Waals surface area contributed by atoms with E-state index in [1.807, 2.05) is 11.6 Å². The number of carbonyl (C=O) groups is 1. The molecule has 1 spiro atoms. The van der Waals surface area contributed by atoms with Gasteiger partial charge in [0, 0.05) is 26.4 Å². The highest BCUT2D eigenvalue weighted by atomic mass is 16.5. The average Bonchev–Trinajstić information content (AvgIpc) is 2.86. The van der Waals surface area contributed by atoms with Crippen LogP contribution in [0.1, 0.15) is 60.9 Å². The van der Waals surface area contributed by atoms with Gasteiger partial charge in [-0.15, -0.1) is 0 Å². The van der Waals surface area contributed by atoms with Crippen molar-refractivity contribution in [1.82, 2.24) is 15.1 Å². The molecule has 0 radical (unpaired) electrons. The summed E-state index contributed by atoms with van der Waals surface area (Å²) in [7, 11) is 0. The minimum absolute atomic E-state index is 0.00247. The van der Waals surface area contributed by atoms with Crippen molar-refractivity contribution in [3.63, 3.8) is 0 Å². The molecule has 0 bridgehead atoms. The van der Waals surface area contributed by atoms with Crippen molar-refractivity contribution in [2.24, 2.45) is 5.41 Å². The van der Waals surface area contributed by atoms with E-state index in [9.17, 15) is 9.90 Å². The fourth-order valence-electron chi connectivity index (χ4n) is 3.81. The van der Waals surface area contributed by atoms with Crippen LogP contribution in [0, 0.1) is 5.41 Å². The van der Waals surface area contributed by atoms with Crippen LogP contribution in [-0.2, 0) is 17.6 Å². The molecule has 3 heterocycles. The monoisotopic (exact) mass is 321 g/mol. The number of nitrogens with one attached hydrogen (secondary N) is 1. The summed E-state index contributed by atoms with van der Waals surface area (Å²) in [5.41, 5.74) is 2.74. The Kier molecular flexibility index (Phi) is 4.73. The zero-order valence-corrected chi connectivity index (χ0v) is 14.1. The first-order valence-corrected chi connectivity index (χ1v) is 8.67. The Morgan fingerprint density at radius 1 is 1.43 bits per heavy atom. The highest BCUT2D eigenvalue weighted by Gasteiger charge is 2.40. The zero-order valence-electron chi connectivity index (χ0n) is 14.1. The third kappa shape index (κ3) is 3.02. The third-order valence-electron chi connectivity index (χ3n) is 5.33. The van der Waals surface area contributed by atoms with Crippen molar-refractivity contribution in [2.75, 3.05) is 26.4 Å². The molecule has 1 aromatic heterocycles. The topological polar surface area (TPSA) is 76.4 Å². The average molecular weight is 321 g/mol. The highest BCUT2D eigenvalue weighted by Crippen LogP contribution is 2.38. The maximum absolute atomic E-state index is 12.7. The number of rotatable bonds is 4. The highest BCUT2D eigenvalue weighted by molar-refractivity contribution is 5.97. The molecule has 0 aliphatic carbocycles. The van der Waals surface area contributed by atoms with Gasteiger partial charge in [0.25, 0.3) is 5.91 Å². The van der Waals surface area contributed by atoms with Gasteiger partial charge in [0.05, 0.1) is 23.0 Å². The van der Waals surface area contributed by atoms with E-state index in [0.717, 1.165) is 55.8 Å². The molecule has 2 N–H and O–H groups in total. The Morgan fingerprint density at radius 3 is 2.83 bits per heavy atom. The van der Waals surface area contributed by atoms with Gasteiger partial charge in [0.2, 0.25) is 0 Å². The molecule has 23 heavy (non-hydrogen) atoms. The number of amides is 1. The van der Waals surface area contributed by atoms with Gasteiger partial charge in [0.1, 0.15) is 0 Å². The van der Waals surface area contributed by atoms with E-state index in [2.05, 4.69) is 12.2 Å². The molecule has 2 aliphatic rings. The van der Waals surface area contributed by atoms with Crippen LogP contribution in [0.4, 0.5) is 0 Å². The van der Waals surface area contributed by atoms with Crippen molar-refractivity contribution >= 4 is 5.91 Å². The summed E-state index contributed by atoms with van der Waals surface area (Å²) in [6.45, 7) is 6.44. The minimum Gasteiger partial charge on any atom is -0.396 e. The van der Waals surface area contributed by atoms with Crippen molar-refractivity contribution in [2.45, 2.75) is 52.0 Å². The van der Waals surface area contributed by atoms with E-state index in [-0.39, 0.29) is 24.0 Å². The van der Waals surface area contributed by atoms with Gasteiger partial charge in [-0.3, -0.25) is 9.48 Å². The van der Waals surface area contributed by atoms with Gasteiger partial charge < -0.3 is 15.2 Å². The second kappa shape index (κ2) is 6.61. The maximum Gasteiger partial charge on any atom is 0.255 e. The fourth-order valence-corrected chi connectivity index (χ4v) is 3.81. The number of hydrogen-bond donors (Lipinski definition) is 2. The van der Waals surface area contributed by atoms with Crippen LogP contribution in [0.25, 0.3) is 0 Å². The predicted octanol–water partition coefficient (Wildman–Crippen LogP) is 1.47. The molecule has 3 rings (SSSR count). The van der Waals surface area contributed by atoms with Gasteiger partial charge in [-0.2, -0.15) is 5.10 Å². The summed E-state index contributed by atoms with van der Waals surface area (Å²) in [5, 5.41) is 17.1. The lowest BCUT2D eigenvalue weighted by molar-refractivity contribution is 0.0151. The van der Waals surface area contributed by atoms with Gasteiger partial charge in [0.15, 0.2) is 0 Å². The number of fused-ring (bicyclic) bond motifs is 1. The van der Waals surface area contributed by atoms with E-state index in [1.165, 1.54) is 0 Å². The third-order valence-corrected chi connectivity index (χ3v) is 5.33. The molecule has 1 fully saturated rings. The van der Waals surface area contributed by atoms with Gasteiger partial charge in [-0.1, -0.05) is 6.92 Å². The fraction of sp³-hybridized carbons (Fsp3) is 0.765. The van der Waals surface area contributed by atoms with Crippen LogP contribution < -0.4 is 5.32 Å². The second-order valence-electron chi connectivity index (χ2n) is 6.90. The van der Waals surface area contributed by atoms with Crippen molar-refractivity contribution in [1.29, 1.82) is 0 Å². The molecule has 1 saturated heterocycles. The van der Waals surface area contributed by atoms with Gasteiger partial charge >= 0.3 is 0 Å². The van der Waals surface area contributed by atoms with E-state index < -0.39 is 0 Å². The quantitative estimate of drug-likeness (QED) is 0.880. The maximum atomic E-state index is 12.7. The number of aliphatic hydroxyl groups is 1. The predicted molar refractivity (Wildman–Crippen MR) is 86.5 cm³/mol. The SMILES string of the molecule is CCc1nn(C(C)CCO)c2c1C(=O)NCC1(CCOCC1)C2. The lowest BCUT2D eigenvalue weighted by atomic mass is 9.76. The number of aliphatic hydroxyl groups excluding tert-OH is 1. The Morgan fingerprint density at radius 2 is 2.17 bits per heavy atom. The summed E-state index contributed by atoms with van der Waals surface area (Å²) in [6, 6.07) is 0.0943. The normalized spacial score (nSPS) is 21.6. The second-order valence-corrected chi connectivity index (χ2v) is 6.90. The molecule has 1 amide bonds. The number of aromatic nitrogens is 2. The van der Waals surface area contributed by atoms with E-state index in [0.29, 0.717) is 13.0 Å². The largest absolute Gasteiger partial charge is 0.396 e. The Labute approximate surface area is 137 Å². The number of hydrogen-bond acceptors (Lipinski definition) is 4. The Balaban J connectivity index is 2.04. The Hall–Kier alpha value is -1.40. The molecule has 6 heteroatoms. The number of nitrogens with zero attached hydrogens (tertiary/aromatic N) is 2. The summed E-state index contributed by atoms with van der Waals surface area (Å²) in [5.74, 6) is 0.00247. The van der Waals surface area contributed by atoms with Crippen LogP contribution in [0.5, 0.6) is 0 Å². The molecule has 1 atom stereocenters. The van der Waals surface area contributed by atoms with Crippen LogP contribution in [0.3, 0.4) is 0 Å². The molecule has 2 aliphatic heterocycles. The molecule has 0 saturated carbocycles. The molecule has 1 aromatic rings. The summed E-state index contributed by atoms with van der Waals surface area (Å²) in [6.07, 6.45) is 4.17. The Bertz CT molecular complexity index is 576. The molecular weight excluding hydrogens is 294 g/mol. The molecule has 1 unspecified atom stereocenters. The zero-order chi connectivity index (χ0) is 16.4. The number of ether oxygens (including phenoxy) is 1. The lowest BCUT2D eigenvalue weighted by Crippen LogP contribution is -2.41. The van der Waals surface area contributed by atoms with Crippen molar-refractivity contribution in [3.8, 4) is 0 Å². The first-order chi connectivity index (χ1) is 11.1. The van der Waals surface area contributed by atoms with Crippen LogP contribution in [-0.4, -0.2) is 47.2 Å². The number of aryl methyl sites for hydroxylation is 1. The van der Waals surface area contributed by atoms with Crippen LogP contribution in [0.2, 0.25) is 0 Å². The van der Waals surface area contributed by atoms with Crippen molar-refractivity contribution in [3.05, 3.63) is 17.0 Å². The first kappa shape index (κ1) is 16.5. The first-order valence-electron chi connectivity index (χ1n) is 8.67. The summed E-state index contributed by atoms with van der Waals surface area (Å²) < 4.78 is 7.52. The van der Waals surface area contributed by atoms with Crippen LogP contribution in [0.15, 0.2) is 0 Å². The smallest absolute Gasteiger partial charge is 0.255 e. The molecular formula is C17H27N3O3. The summed E-state index contributed by atoms with van der Waals surface area (Å²) >= 11 is 0. The molecule has 6 nitrogen and oxygen atoms in total.